The topological polar surface area (TPSA) is 0 Å². The van der Waals surface area contributed by atoms with Crippen LogP contribution in [0.4, 0.5) is 8.78 Å². The minimum Gasteiger partial charge on any atom is -0.207 e. The highest BCUT2D eigenvalue weighted by Crippen LogP contribution is 2.33. The first kappa shape index (κ1) is 13.0. The van der Waals surface area contributed by atoms with E-state index in [0.29, 0.717) is 5.56 Å². The number of aryl methyl sites for hydroxylation is 1. The van der Waals surface area contributed by atoms with Gasteiger partial charge in [-0.15, -0.1) is 11.6 Å². The van der Waals surface area contributed by atoms with Crippen LogP contribution in [0.15, 0.2) is 36.4 Å². The largest absolute Gasteiger partial charge is 0.207 e. The van der Waals surface area contributed by atoms with Crippen molar-refractivity contribution in [3.05, 3.63) is 70.3 Å². The van der Waals surface area contributed by atoms with Crippen molar-refractivity contribution in [1.29, 1.82) is 0 Å². The zero-order chi connectivity index (χ0) is 13.3. The molecule has 0 heterocycles. The van der Waals surface area contributed by atoms with Gasteiger partial charge in [0.2, 0.25) is 0 Å². The summed E-state index contributed by atoms with van der Waals surface area (Å²) in [6.07, 6.45) is 0. The van der Waals surface area contributed by atoms with Crippen molar-refractivity contribution in [2.75, 3.05) is 0 Å². The quantitative estimate of drug-likeness (QED) is 0.678. The first-order valence-electron chi connectivity index (χ1n) is 5.66. The Morgan fingerprint density at radius 2 is 1.72 bits per heavy atom. The summed E-state index contributed by atoms with van der Waals surface area (Å²) in [5, 5.41) is -0.606. The highest BCUT2D eigenvalue weighted by Gasteiger charge is 2.18. The first-order chi connectivity index (χ1) is 8.50. The summed E-state index contributed by atoms with van der Waals surface area (Å²) in [7, 11) is 0. The second-order valence-corrected chi connectivity index (χ2v) is 4.75. The van der Waals surface area contributed by atoms with Crippen molar-refractivity contribution >= 4 is 11.6 Å². The van der Waals surface area contributed by atoms with Crippen LogP contribution in [0.25, 0.3) is 0 Å². The van der Waals surface area contributed by atoms with Gasteiger partial charge in [0.1, 0.15) is 11.6 Å². The van der Waals surface area contributed by atoms with E-state index in [1.165, 1.54) is 12.1 Å². The lowest BCUT2D eigenvalue weighted by Gasteiger charge is -2.15. The Balaban J connectivity index is 2.48. The average molecular weight is 267 g/mol. The van der Waals surface area contributed by atoms with Gasteiger partial charge in [-0.3, -0.25) is 0 Å². The maximum Gasteiger partial charge on any atom is 0.131 e. The molecule has 94 valence electrons. The predicted octanol–water partition coefficient (Wildman–Crippen LogP) is 4.91. The standard InChI is InChI=1S/C15H13ClF2/c1-9-4-3-5-12(10(9)2)15(16)13-7-6-11(17)8-14(13)18/h3-8,15H,1-2H3. The van der Waals surface area contributed by atoms with Crippen molar-refractivity contribution < 1.29 is 8.78 Å². The number of rotatable bonds is 2. The van der Waals surface area contributed by atoms with Crippen LogP contribution in [-0.2, 0) is 0 Å². The van der Waals surface area contributed by atoms with Crippen LogP contribution in [0.3, 0.4) is 0 Å². The second kappa shape index (κ2) is 5.07. The van der Waals surface area contributed by atoms with Gasteiger partial charge in [-0.1, -0.05) is 24.3 Å². The van der Waals surface area contributed by atoms with Gasteiger partial charge in [-0.2, -0.15) is 0 Å². The van der Waals surface area contributed by atoms with Gasteiger partial charge in [-0.25, -0.2) is 8.78 Å². The van der Waals surface area contributed by atoms with Crippen LogP contribution < -0.4 is 0 Å². The lowest BCUT2D eigenvalue weighted by atomic mass is 9.96. The summed E-state index contributed by atoms with van der Waals surface area (Å²) >= 11 is 6.30. The molecule has 1 unspecified atom stereocenters. The fourth-order valence-corrected chi connectivity index (χ4v) is 2.34. The maximum atomic E-state index is 13.7. The van der Waals surface area contributed by atoms with Crippen LogP contribution >= 0.6 is 11.6 Å². The molecule has 0 fully saturated rings. The van der Waals surface area contributed by atoms with Crippen LogP contribution in [0.5, 0.6) is 0 Å². The van der Waals surface area contributed by atoms with E-state index in [1.54, 1.807) is 0 Å². The van der Waals surface area contributed by atoms with Crippen molar-refractivity contribution in [3.8, 4) is 0 Å². The molecule has 18 heavy (non-hydrogen) atoms. The van der Waals surface area contributed by atoms with E-state index in [4.69, 9.17) is 11.6 Å². The fourth-order valence-electron chi connectivity index (χ4n) is 1.92. The van der Waals surface area contributed by atoms with Crippen molar-refractivity contribution in [2.24, 2.45) is 0 Å². The van der Waals surface area contributed by atoms with Gasteiger partial charge in [-0.05, 0) is 36.6 Å². The molecule has 0 nitrogen and oxygen atoms in total. The second-order valence-electron chi connectivity index (χ2n) is 4.32. The van der Waals surface area contributed by atoms with Crippen LogP contribution in [0.2, 0.25) is 0 Å². The van der Waals surface area contributed by atoms with E-state index in [0.717, 1.165) is 22.8 Å². The molecule has 0 aliphatic rings. The van der Waals surface area contributed by atoms with E-state index in [1.807, 2.05) is 32.0 Å². The summed E-state index contributed by atoms with van der Waals surface area (Å²) in [6, 6.07) is 9.19. The molecule has 0 aliphatic carbocycles. The minimum absolute atomic E-state index is 0.298. The predicted molar refractivity (Wildman–Crippen MR) is 70.0 cm³/mol. The lowest BCUT2D eigenvalue weighted by molar-refractivity contribution is 0.573. The highest BCUT2D eigenvalue weighted by atomic mass is 35.5. The molecular formula is C15H13ClF2. The Morgan fingerprint density at radius 1 is 1.00 bits per heavy atom. The highest BCUT2D eigenvalue weighted by molar-refractivity contribution is 6.22. The molecule has 0 saturated carbocycles. The van der Waals surface area contributed by atoms with Gasteiger partial charge >= 0.3 is 0 Å². The van der Waals surface area contributed by atoms with Gasteiger partial charge in [0.15, 0.2) is 0 Å². The van der Waals surface area contributed by atoms with Gasteiger partial charge < -0.3 is 0 Å². The molecule has 0 spiro atoms. The molecule has 3 heteroatoms. The number of halogens is 3. The molecule has 0 bridgehead atoms. The van der Waals surface area contributed by atoms with Gasteiger partial charge in [0.25, 0.3) is 0 Å². The molecule has 2 aromatic rings. The smallest absolute Gasteiger partial charge is 0.131 e. The molecule has 0 radical (unpaired) electrons. The monoisotopic (exact) mass is 266 g/mol. The third-order valence-electron chi connectivity index (χ3n) is 3.16. The molecule has 2 rings (SSSR count). The number of benzene rings is 2. The Bertz CT molecular complexity index is 579. The Morgan fingerprint density at radius 3 is 2.39 bits per heavy atom. The Labute approximate surface area is 110 Å². The summed E-state index contributed by atoms with van der Waals surface area (Å²) in [6.45, 7) is 3.92. The SMILES string of the molecule is Cc1cccc(C(Cl)c2ccc(F)cc2F)c1C. The van der Waals surface area contributed by atoms with Crippen molar-refractivity contribution in [1.82, 2.24) is 0 Å². The molecule has 0 aliphatic heterocycles. The van der Waals surface area contributed by atoms with Crippen LogP contribution in [0, 0.1) is 25.5 Å². The summed E-state index contributed by atoms with van der Waals surface area (Å²) in [5.41, 5.74) is 3.27. The van der Waals surface area contributed by atoms with Crippen LogP contribution in [-0.4, -0.2) is 0 Å². The maximum absolute atomic E-state index is 13.7. The minimum atomic E-state index is -0.615. The average Bonchev–Trinajstić information content (AvgIpc) is 2.32. The summed E-state index contributed by atoms with van der Waals surface area (Å²) < 4.78 is 26.6. The van der Waals surface area contributed by atoms with Crippen molar-refractivity contribution in [3.63, 3.8) is 0 Å². The molecule has 0 N–H and O–H groups in total. The first-order valence-corrected chi connectivity index (χ1v) is 6.09. The third-order valence-corrected chi connectivity index (χ3v) is 3.63. The van der Waals surface area contributed by atoms with E-state index in [9.17, 15) is 8.78 Å². The fraction of sp³-hybridized carbons (Fsp3) is 0.200. The molecule has 1 atom stereocenters. The van der Waals surface area contributed by atoms with E-state index >= 15 is 0 Å². The van der Waals surface area contributed by atoms with Gasteiger partial charge in [0, 0.05) is 11.6 Å². The number of alkyl halides is 1. The van der Waals surface area contributed by atoms with Crippen molar-refractivity contribution in [2.45, 2.75) is 19.2 Å². The lowest BCUT2D eigenvalue weighted by Crippen LogP contribution is -2.01. The number of hydrogen-bond donors (Lipinski definition) is 0. The summed E-state index contributed by atoms with van der Waals surface area (Å²) in [4.78, 5) is 0. The van der Waals surface area contributed by atoms with E-state index < -0.39 is 17.0 Å². The van der Waals surface area contributed by atoms with E-state index in [-0.39, 0.29) is 0 Å². The number of hydrogen-bond acceptors (Lipinski definition) is 0. The molecular weight excluding hydrogens is 254 g/mol. The normalized spacial score (nSPS) is 12.5. The Hall–Kier alpha value is -1.41. The van der Waals surface area contributed by atoms with Crippen LogP contribution in [0.1, 0.15) is 27.6 Å². The molecule has 0 aromatic heterocycles. The summed E-state index contributed by atoms with van der Waals surface area (Å²) in [5.74, 6) is -1.21. The molecule has 0 saturated heterocycles. The van der Waals surface area contributed by atoms with Gasteiger partial charge in [0.05, 0.1) is 5.38 Å². The van der Waals surface area contributed by atoms with E-state index in [2.05, 4.69) is 0 Å². The zero-order valence-corrected chi connectivity index (χ0v) is 10.9. The third kappa shape index (κ3) is 2.39. The Kier molecular flexibility index (Phi) is 3.67. The zero-order valence-electron chi connectivity index (χ0n) is 10.2. The molecule has 2 aromatic carbocycles. The molecule has 0 amide bonds.